The topological polar surface area (TPSA) is 64.9 Å². The van der Waals surface area contributed by atoms with E-state index in [1.807, 2.05) is 0 Å². The Balaban J connectivity index is 2.14. The van der Waals surface area contributed by atoms with Crippen LogP contribution in [-0.2, 0) is 5.54 Å². The van der Waals surface area contributed by atoms with Gasteiger partial charge >= 0.3 is 0 Å². The zero-order valence-corrected chi connectivity index (χ0v) is 10.9. The molecule has 1 aliphatic rings. The molecule has 2 rings (SSSR count). The minimum absolute atomic E-state index is 0.445. The first kappa shape index (κ1) is 12.6. The third-order valence-electron chi connectivity index (χ3n) is 4.10. The molecule has 0 aromatic carbocycles. The van der Waals surface area contributed by atoms with E-state index < -0.39 is 5.54 Å². The first-order valence-electron chi connectivity index (χ1n) is 6.82. The van der Waals surface area contributed by atoms with E-state index in [1.165, 1.54) is 32.1 Å². The smallest absolute Gasteiger partial charge is 0.246 e. The molecule has 1 heterocycles. The Morgan fingerprint density at radius 1 is 1.24 bits per heavy atom. The van der Waals surface area contributed by atoms with Gasteiger partial charge in [-0.05, 0) is 25.7 Å². The lowest BCUT2D eigenvalue weighted by Crippen LogP contribution is -2.35. The molecule has 1 aliphatic carbocycles. The van der Waals surface area contributed by atoms with E-state index in [4.69, 9.17) is 10.3 Å². The van der Waals surface area contributed by atoms with Gasteiger partial charge in [-0.2, -0.15) is 4.98 Å². The van der Waals surface area contributed by atoms with Gasteiger partial charge in [0.25, 0.3) is 0 Å². The van der Waals surface area contributed by atoms with Crippen LogP contribution in [0, 0.1) is 0 Å². The van der Waals surface area contributed by atoms with Crippen molar-refractivity contribution in [2.75, 3.05) is 0 Å². The standard InChI is InChI=1S/C13H23N3O/c1-3-13(14,4-2)12-15-11(16-17-12)10-8-6-5-7-9-10/h10H,3-9,14H2,1-2H3. The van der Waals surface area contributed by atoms with Gasteiger partial charge in [0.15, 0.2) is 5.82 Å². The maximum Gasteiger partial charge on any atom is 0.246 e. The van der Waals surface area contributed by atoms with Crippen molar-refractivity contribution in [1.29, 1.82) is 0 Å². The zero-order valence-electron chi connectivity index (χ0n) is 10.9. The molecular formula is C13H23N3O. The molecule has 96 valence electrons. The molecule has 2 N–H and O–H groups in total. The summed E-state index contributed by atoms with van der Waals surface area (Å²) in [4.78, 5) is 4.54. The Kier molecular flexibility index (Phi) is 3.82. The number of nitrogens with two attached hydrogens (primary N) is 1. The Morgan fingerprint density at radius 2 is 1.88 bits per heavy atom. The third-order valence-corrected chi connectivity index (χ3v) is 4.10. The van der Waals surface area contributed by atoms with E-state index in [1.54, 1.807) is 0 Å². The predicted molar refractivity (Wildman–Crippen MR) is 66.6 cm³/mol. The maximum atomic E-state index is 6.26. The van der Waals surface area contributed by atoms with E-state index in [0.717, 1.165) is 18.7 Å². The van der Waals surface area contributed by atoms with E-state index in [2.05, 4.69) is 24.0 Å². The molecule has 0 aliphatic heterocycles. The summed E-state index contributed by atoms with van der Waals surface area (Å²) in [5, 5.41) is 4.14. The fourth-order valence-electron chi connectivity index (χ4n) is 2.52. The molecule has 0 radical (unpaired) electrons. The van der Waals surface area contributed by atoms with Crippen LogP contribution < -0.4 is 5.73 Å². The lowest BCUT2D eigenvalue weighted by Gasteiger charge is -2.21. The molecule has 4 heteroatoms. The van der Waals surface area contributed by atoms with Crippen molar-refractivity contribution < 1.29 is 4.52 Å². The van der Waals surface area contributed by atoms with Crippen LogP contribution in [0.4, 0.5) is 0 Å². The van der Waals surface area contributed by atoms with Gasteiger partial charge in [0.2, 0.25) is 5.89 Å². The number of aromatic nitrogens is 2. The molecule has 17 heavy (non-hydrogen) atoms. The number of hydrogen-bond donors (Lipinski definition) is 1. The average molecular weight is 237 g/mol. The Bertz CT molecular complexity index is 351. The summed E-state index contributed by atoms with van der Waals surface area (Å²) >= 11 is 0. The fraction of sp³-hybridized carbons (Fsp3) is 0.846. The largest absolute Gasteiger partial charge is 0.337 e. The summed E-state index contributed by atoms with van der Waals surface area (Å²) < 4.78 is 5.38. The number of hydrogen-bond acceptors (Lipinski definition) is 4. The van der Waals surface area contributed by atoms with Gasteiger partial charge in [0.05, 0.1) is 5.54 Å². The van der Waals surface area contributed by atoms with Crippen molar-refractivity contribution in [2.24, 2.45) is 5.73 Å². The Morgan fingerprint density at radius 3 is 2.47 bits per heavy atom. The van der Waals surface area contributed by atoms with Crippen molar-refractivity contribution in [2.45, 2.75) is 70.3 Å². The molecule has 0 atom stereocenters. The fourth-order valence-corrected chi connectivity index (χ4v) is 2.52. The van der Waals surface area contributed by atoms with Crippen molar-refractivity contribution in [3.8, 4) is 0 Å². The summed E-state index contributed by atoms with van der Waals surface area (Å²) in [5.41, 5.74) is 5.82. The van der Waals surface area contributed by atoms with Crippen LogP contribution >= 0.6 is 0 Å². The second-order valence-electron chi connectivity index (χ2n) is 5.16. The van der Waals surface area contributed by atoms with Crippen LogP contribution in [-0.4, -0.2) is 10.1 Å². The second kappa shape index (κ2) is 5.17. The maximum absolute atomic E-state index is 6.26. The van der Waals surface area contributed by atoms with Gasteiger partial charge in [0, 0.05) is 5.92 Å². The average Bonchev–Trinajstić information content (AvgIpc) is 2.89. The summed E-state index contributed by atoms with van der Waals surface area (Å²) in [7, 11) is 0. The highest BCUT2D eigenvalue weighted by molar-refractivity contribution is 5.04. The predicted octanol–water partition coefficient (Wildman–Crippen LogP) is 3.09. The quantitative estimate of drug-likeness (QED) is 0.874. The summed E-state index contributed by atoms with van der Waals surface area (Å²) in [5.74, 6) is 1.97. The SMILES string of the molecule is CCC(N)(CC)c1nc(C2CCCCC2)no1. The van der Waals surface area contributed by atoms with Crippen LogP contribution in [0.15, 0.2) is 4.52 Å². The highest BCUT2D eigenvalue weighted by Gasteiger charge is 2.31. The molecular weight excluding hydrogens is 214 g/mol. The second-order valence-corrected chi connectivity index (χ2v) is 5.16. The zero-order chi connectivity index (χ0) is 12.3. The van der Waals surface area contributed by atoms with E-state index in [-0.39, 0.29) is 0 Å². The molecule has 0 unspecified atom stereocenters. The number of nitrogens with zero attached hydrogens (tertiary/aromatic N) is 2. The van der Waals surface area contributed by atoms with Crippen LogP contribution in [0.2, 0.25) is 0 Å². The minimum Gasteiger partial charge on any atom is -0.337 e. The monoisotopic (exact) mass is 237 g/mol. The van der Waals surface area contributed by atoms with Crippen LogP contribution in [0.5, 0.6) is 0 Å². The van der Waals surface area contributed by atoms with Gasteiger partial charge in [-0.25, -0.2) is 0 Å². The Hall–Kier alpha value is -0.900. The van der Waals surface area contributed by atoms with E-state index >= 15 is 0 Å². The lowest BCUT2D eigenvalue weighted by atomic mass is 9.88. The minimum atomic E-state index is -0.445. The third kappa shape index (κ3) is 2.51. The van der Waals surface area contributed by atoms with Crippen molar-refractivity contribution in [3.05, 3.63) is 11.7 Å². The van der Waals surface area contributed by atoms with Gasteiger partial charge < -0.3 is 10.3 Å². The highest BCUT2D eigenvalue weighted by Crippen LogP contribution is 2.32. The molecule has 1 aromatic heterocycles. The highest BCUT2D eigenvalue weighted by atomic mass is 16.5. The van der Waals surface area contributed by atoms with Gasteiger partial charge in [-0.3, -0.25) is 0 Å². The number of rotatable bonds is 4. The first-order valence-corrected chi connectivity index (χ1v) is 6.82. The van der Waals surface area contributed by atoms with Crippen LogP contribution in [0.3, 0.4) is 0 Å². The molecule has 0 spiro atoms. The lowest BCUT2D eigenvalue weighted by molar-refractivity contribution is 0.265. The van der Waals surface area contributed by atoms with E-state index in [0.29, 0.717) is 11.8 Å². The van der Waals surface area contributed by atoms with Crippen molar-refractivity contribution in [1.82, 2.24) is 10.1 Å². The van der Waals surface area contributed by atoms with Gasteiger partial charge in [-0.1, -0.05) is 38.3 Å². The van der Waals surface area contributed by atoms with Crippen molar-refractivity contribution >= 4 is 0 Å². The normalized spacial score (nSPS) is 18.5. The van der Waals surface area contributed by atoms with Crippen LogP contribution in [0.25, 0.3) is 0 Å². The summed E-state index contributed by atoms with van der Waals surface area (Å²) in [6.45, 7) is 4.13. The summed E-state index contributed by atoms with van der Waals surface area (Å²) in [6, 6.07) is 0. The molecule has 1 aromatic rings. The molecule has 4 nitrogen and oxygen atoms in total. The molecule has 0 amide bonds. The molecule has 1 saturated carbocycles. The summed E-state index contributed by atoms with van der Waals surface area (Å²) in [6.07, 6.45) is 7.94. The van der Waals surface area contributed by atoms with Gasteiger partial charge in [-0.15, -0.1) is 0 Å². The molecule has 0 saturated heterocycles. The molecule has 1 fully saturated rings. The first-order chi connectivity index (χ1) is 8.19. The van der Waals surface area contributed by atoms with Gasteiger partial charge in [0.1, 0.15) is 0 Å². The molecule has 0 bridgehead atoms. The van der Waals surface area contributed by atoms with E-state index in [9.17, 15) is 0 Å². The van der Waals surface area contributed by atoms with Crippen LogP contribution in [0.1, 0.15) is 76.4 Å². The van der Waals surface area contributed by atoms with Crippen molar-refractivity contribution in [3.63, 3.8) is 0 Å². The Labute approximate surface area is 103 Å².